The second-order valence-electron chi connectivity index (χ2n) is 7.84. The molecule has 1 aliphatic heterocycles. The summed E-state index contributed by atoms with van der Waals surface area (Å²) in [4.78, 5) is 12.3. The molecule has 3 N–H and O–H groups in total. The number of anilines is 1. The third-order valence-corrected chi connectivity index (χ3v) is 5.19. The van der Waals surface area contributed by atoms with Crippen LogP contribution in [0.5, 0.6) is 0 Å². The van der Waals surface area contributed by atoms with Crippen molar-refractivity contribution in [1.82, 2.24) is 15.6 Å². The summed E-state index contributed by atoms with van der Waals surface area (Å²) in [6.07, 6.45) is 4.78. The van der Waals surface area contributed by atoms with Crippen molar-refractivity contribution < 1.29 is 9.53 Å². The predicted octanol–water partition coefficient (Wildman–Crippen LogP) is 4.24. The van der Waals surface area contributed by atoms with Crippen molar-refractivity contribution in [1.29, 1.82) is 0 Å². The van der Waals surface area contributed by atoms with Gasteiger partial charge >= 0.3 is 0 Å². The van der Waals surface area contributed by atoms with Gasteiger partial charge in [-0.05, 0) is 75.5 Å². The first kappa shape index (κ1) is 24.8. The van der Waals surface area contributed by atoms with E-state index in [2.05, 4.69) is 29.1 Å². The Morgan fingerprint density at radius 3 is 2.65 bits per heavy atom. The Balaban J connectivity index is 1.66. The number of hydrogen-bond donors (Lipinski definition) is 3. The van der Waals surface area contributed by atoms with E-state index in [4.69, 9.17) is 9.84 Å². The van der Waals surface area contributed by atoms with Gasteiger partial charge in [0.05, 0.1) is 24.6 Å². The summed E-state index contributed by atoms with van der Waals surface area (Å²) in [5, 5.41) is 15.8. The van der Waals surface area contributed by atoms with Gasteiger partial charge in [0.25, 0.3) is 5.91 Å². The van der Waals surface area contributed by atoms with Crippen molar-refractivity contribution in [3.63, 3.8) is 0 Å². The third kappa shape index (κ3) is 7.08. The van der Waals surface area contributed by atoms with E-state index in [9.17, 15) is 4.79 Å². The maximum atomic E-state index is 12.3. The smallest absolute Gasteiger partial charge is 0.251 e. The van der Waals surface area contributed by atoms with E-state index in [1.165, 1.54) is 0 Å². The van der Waals surface area contributed by atoms with Crippen molar-refractivity contribution in [3.05, 3.63) is 102 Å². The highest BCUT2D eigenvalue weighted by molar-refractivity contribution is 6.09. The minimum Gasteiger partial charge on any atom is -0.480 e. The van der Waals surface area contributed by atoms with Gasteiger partial charge in [0, 0.05) is 23.4 Å². The number of allylic oxidation sites excluding steroid dienone is 2. The zero-order valence-corrected chi connectivity index (χ0v) is 19.9. The summed E-state index contributed by atoms with van der Waals surface area (Å²) < 4.78 is 5.38. The zero-order chi connectivity index (χ0) is 24.3. The summed E-state index contributed by atoms with van der Waals surface area (Å²) in [5.74, 6) is 0.444. The van der Waals surface area contributed by atoms with Crippen molar-refractivity contribution in [2.24, 2.45) is 5.10 Å². The molecule has 1 heterocycles. The maximum Gasteiger partial charge on any atom is 0.251 e. The van der Waals surface area contributed by atoms with Crippen LogP contribution in [0.3, 0.4) is 0 Å². The molecule has 0 unspecified atom stereocenters. The Labute approximate surface area is 201 Å². The second-order valence-corrected chi connectivity index (χ2v) is 7.84. The quantitative estimate of drug-likeness (QED) is 0.327. The van der Waals surface area contributed by atoms with E-state index >= 15 is 0 Å². The lowest BCUT2D eigenvalue weighted by Crippen LogP contribution is -2.26. The number of rotatable bonds is 12. The number of hydrazone groups is 1. The van der Waals surface area contributed by atoms with Gasteiger partial charge in [0.2, 0.25) is 0 Å². The molecule has 0 atom stereocenters. The van der Waals surface area contributed by atoms with Crippen LogP contribution in [0.4, 0.5) is 5.69 Å². The lowest BCUT2D eigenvalue weighted by Gasteiger charge is -2.24. The van der Waals surface area contributed by atoms with E-state index in [-0.39, 0.29) is 5.91 Å². The predicted molar refractivity (Wildman–Crippen MR) is 139 cm³/mol. The van der Waals surface area contributed by atoms with Crippen LogP contribution in [-0.2, 0) is 11.3 Å². The van der Waals surface area contributed by atoms with E-state index in [1.807, 2.05) is 79.7 Å². The molecular weight excluding hydrogens is 426 g/mol. The van der Waals surface area contributed by atoms with Gasteiger partial charge in [-0.25, -0.2) is 0 Å². The van der Waals surface area contributed by atoms with Gasteiger partial charge in [-0.1, -0.05) is 30.8 Å². The van der Waals surface area contributed by atoms with Crippen molar-refractivity contribution in [2.45, 2.75) is 19.9 Å². The minimum atomic E-state index is -0.0701. The molecular formula is C27H33N5O2. The van der Waals surface area contributed by atoms with E-state index in [0.29, 0.717) is 31.1 Å². The third-order valence-electron chi connectivity index (χ3n) is 5.19. The molecule has 7 nitrogen and oxygen atoms in total. The monoisotopic (exact) mass is 459 g/mol. The molecule has 0 fully saturated rings. The highest BCUT2D eigenvalue weighted by Gasteiger charge is 2.14. The van der Waals surface area contributed by atoms with E-state index < -0.39 is 0 Å². The van der Waals surface area contributed by atoms with Crippen LogP contribution in [0.15, 0.2) is 90.5 Å². The minimum absolute atomic E-state index is 0.0701. The number of hydrogen-bond acceptors (Lipinski definition) is 6. The van der Waals surface area contributed by atoms with Crippen LogP contribution in [0, 0.1) is 0 Å². The molecule has 7 heteroatoms. The summed E-state index contributed by atoms with van der Waals surface area (Å²) >= 11 is 0. The highest BCUT2D eigenvalue weighted by atomic mass is 16.5. The van der Waals surface area contributed by atoms with Crippen LogP contribution < -0.4 is 16.0 Å². The molecule has 2 aromatic rings. The molecule has 0 aromatic heterocycles. The molecule has 34 heavy (non-hydrogen) atoms. The Morgan fingerprint density at radius 2 is 1.91 bits per heavy atom. The van der Waals surface area contributed by atoms with Gasteiger partial charge in [-0.3, -0.25) is 9.80 Å². The number of ether oxygens (including phenoxy) is 1. The van der Waals surface area contributed by atoms with Crippen LogP contribution in [0.2, 0.25) is 0 Å². The van der Waals surface area contributed by atoms with Gasteiger partial charge in [0.15, 0.2) is 5.88 Å². The standard InChI is InChI=1S/C27H33N5O2/c1-5-34-21(3)30-25-9-6-8-22(18-25)19-32-20(2)10-15-26(31-32)23-11-13-24(14-12-23)27(33)29-17-7-16-28-4/h6,8-15,18,28,30H,2-3,5,7,16-17,19H2,1,4H3,(H,29,33). The van der Waals surface area contributed by atoms with Crippen molar-refractivity contribution in [2.75, 3.05) is 32.1 Å². The molecule has 1 aliphatic rings. The first-order valence-corrected chi connectivity index (χ1v) is 11.4. The maximum absolute atomic E-state index is 12.3. The first-order valence-electron chi connectivity index (χ1n) is 11.4. The fourth-order valence-electron chi connectivity index (χ4n) is 3.43. The number of amides is 1. The number of nitrogens with one attached hydrogen (secondary N) is 3. The molecule has 178 valence electrons. The Bertz CT molecular complexity index is 1070. The number of nitrogens with zero attached hydrogens (tertiary/aromatic N) is 2. The van der Waals surface area contributed by atoms with Crippen LogP contribution in [-0.4, -0.2) is 43.4 Å². The normalized spacial score (nSPS) is 12.8. The molecule has 2 aromatic carbocycles. The number of benzene rings is 2. The van der Waals surface area contributed by atoms with Gasteiger partial charge in [-0.15, -0.1) is 0 Å². The average molecular weight is 460 g/mol. The van der Waals surface area contributed by atoms with Crippen molar-refractivity contribution in [3.8, 4) is 0 Å². The number of carbonyl (C=O) groups excluding carboxylic acids is 1. The van der Waals surface area contributed by atoms with Crippen LogP contribution >= 0.6 is 0 Å². The van der Waals surface area contributed by atoms with Crippen molar-refractivity contribution >= 4 is 17.3 Å². The second kappa shape index (κ2) is 12.4. The Kier molecular flexibility index (Phi) is 9.05. The molecule has 0 bridgehead atoms. The number of carbonyl (C=O) groups is 1. The average Bonchev–Trinajstić information content (AvgIpc) is 2.83. The Hall–Kier alpha value is -3.84. The van der Waals surface area contributed by atoms with Crippen LogP contribution in [0.25, 0.3) is 0 Å². The summed E-state index contributed by atoms with van der Waals surface area (Å²) in [7, 11) is 1.90. The molecule has 3 rings (SSSR count). The molecule has 1 amide bonds. The van der Waals surface area contributed by atoms with E-state index in [1.54, 1.807) is 0 Å². The molecule has 0 saturated carbocycles. The summed E-state index contributed by atoms with van der Waals surface area (Å²) in [5.41, 5.74) is 5.15. The molecule has 0 radical (unpaired) electrons. The molecule has 0 saturated heterocycles. The van der Waals surface area contributed by atoms with Gasteiger partial charge in [0.1, 0.15) is 0 Å². The van der Waals surface area contributed by atoms with Gasteiger partial charge < -0.3 is 20.7 Å². The SMILES string of the molecule is C=C(Nc1cccc(CN2N=C(c3ccc(C(=O)NCCCNC)cc3)C=CC2=C)c1)OCC. The lowest BCUT2D eigenvalue weighted by atomic mass is 10.1. The Morgan fingerprint density at radius 1 is 1.12 bits per heavy atom. The van der Waals surface area contributed by atoms with E-state index in [0.717, 1.165) is 41.2 Å². The summed E-state index contributed by atoms with van der Waals surface area (Å²) in [6.45, 7) is 12.5. The largest absolute Gasteiger partial charge is 0.480 e. The topological polar surface area (TPSA) is 78.0 Å². The zero-order valence-electron chi connectivity index (χ0n) is 19.9. The fourth-order valence-corrected chi connectivity index (χ4v) is 3.43. The molecule has 0 aliphatic carbocycles. The highest BCUT2D eigenvalue weighted by Crippen LogP contribution is 2.21. The lowest BCUT2D eigenvalue weighted by molar-refractivity contribution is 0.0953. The van der Waals surface area contributed by atoms with Gasteiger partial charge in [-0.2, -0.15) is 5.10 Å². The molecule has 0 spiro atoms. The fraction of sp³-hybridized carbons (Fsp3) is 0.259. The van der Waals surface area contributed by atoms with Crippen LogP contribution in [0.1, 0.15) is 34.8 Å². The first-order chi connectivity index (χ1) is 16.5. The summed E-state index contributed by atoms with van der Waals surface area (Å²) in [6, 6.07) is 15.5.